The van der Waals surface area contributed by atoms with Crippen LogP contribution in [0.3, 0.4) is 0 Å². The van der Waals surface area contributed by atoms with E-state index in [1.807, 2.05) is 25.1 Å². The van der Waals surface area contributed by atoms with Crippen molar-refractivity contribution in [3.05, 3.63) is 52.2 Å². The molecule has 1 atom stereocenters. The van der Waals surface area contributed by atoms with Crippen molar-refractivity contribution >= 4 is 29.3 Å². The number of aromatic nitrogens is 1. The summed E-state index contributed by atoms with van der Waals surface area (Å²) < 4.78 is 10.3. The van der Waals surface area contributed by atoms with Gasteiger partial charge in [0.25, 0.3) is 5.91 Å². The second-order valence-corrected chi connectivity index (χ2v) is 9.33. The van der Waals surface area contributed by atoms with Crippen LogP contribution in [0.5, 0.6) is 5.75 Å². The molecule has 35 heavy (non-hydrogen) atoms. The molecular weight excluding hydrogens is 470 g/mol. The molecule has 190 valence electrons. The summed E-state index contributed by atoms with van der Waals surface area (Å²) in [5.41, 5.74) is 2.31. The number of benzene rings is 1. The molecule has 0 aliphatic heterocycles. The van der Waals surface area contributed by atoms with Gasteiger partial charge in [-0.1, -0.05) is 17.7 Å². The highest BCUT2D eigenvalue weighted by atomic mass is 35.5. The summed E-state index contributed by atoms with van der Waals surface area (Å²) in [6.45, 7) is 2.58. The zero-order chi connectivity index (χ0) is 25.4. The molecule has 0 spiro atoms. The molecule has 1 aromatic carbocycles. The second kappa shape index (κ2) is 12.7. The number of carbonyl (C=O) groups excluding carboxylic acids is 2. The first kappa shape index (κ1) is 26.8. The summed E-state index contributed by atoms with van der Waals surface area (Å²) in [5, 5.41) is 15.8. The molecule has 8 nitrogen and oxygen atoms in total. The molecule has 1 aliphatic carbocycles. The number of pyridine rings is 1. The molecule has 3 rings (SSSR count). The van der Waals surface area contributed by atoms with E-state index >= 15 is 0 Å². The van der Waals surface area contributed by atoms with Gasteiger partial charge in [-0.3, -0.25) is 9.59 Å². The average molecular weight is 504 g/mol. The minimum absolute atomic E-state index is 0.0329. The SMILES string of the molecule is COC(=O)C1CCC(CNC(=O)c2cnc(N[C@@H](C)c3cc(CCO)ccc3OC)c(Cl)c2)CC1. The lowest BCUT2D eigenvalue weighted by Crippen LogP contribution is -2.32. The summed E-state index contributed by atoms with van der Waals surface area (Å²) in [4.78, 5) is 28.7. The zero-order valence-electron chi connectivity index (χ0n) is 20.5. The number of nitrogens with zero attached hydrogens (tertiary/aromatic N) is 1. The third-order valence-corrected chi connectivity index (χ3v) is 6.84. The highest BCUT2D eigenvalue weighted by Crippen LogP contribution is 2.31. The van der Waals surface area contributed by atoms with Gasteiger partial charge in [0, 0.05) is 24.9 Å². The number of rotatable bonds is 10. The van der Waals surface area contributed by atoms with Gasteiger partial charge in [-0.05, 0) is 68.7 Å². The van der Waals surface area contributed by atoms with E-state index in [9.17, 15) is 14.7 Å². The van der Waals surface area contributed by atoms with E-state index in [-0.39, 0.29) is 30.4 Å². The van der Waals surface area contributed by atoms with E-state index in [1.165, 1.54) is 13.3 Å². The van der Waals surface area contributed by atoms with Crippen molar-refractivity contribution in [1.82, 2.24) is 10.3 Å². The van der Waals surface area contributed by atoms with Crippen molar-refractivity contribution in [3.63, 3.8) is 0 Å². The fourth-order valence-corrected chi connectivity index (χ4v) is 4.69. The highest BCUT2D eigenvalue weighted by Gasteiger charge is 2.27. The van der Waals surface area contributed by atoms with Crippen LogP contribution in [0.4, 0.5) is 5.82 Å². The Morgan fingerprint density at radius 2 is 1.94 bits per heavy atom. The zero-order valence-corrected chi connectivity index (χ0v) is 21.2. The number of nitrogens with one attached hydrogen (secondary N) is 2. The normalized spacial score (nSPS) is 18.4. The standard InChI is InChI=1S/C26H34ClN3O5/c1-16(21-12-17(10-11-31)6-9-23(21)34-2)30-24-22(27)13-20(15-28-24)25(32)29-14-18-4-7-19(8-5-18)26(33)35-3/h6,9,12-13,15-16,18-19,31H,4-5,7-8,10-11,14H2,1-3H3,(H,28,30)(H,29,32)/t16-,18?,19?/m0/s1. The molecule has 1 aliphatic rings. The number of hydrogen-bond acceptors (Lipinski definition) is 7. The first-order valence-corrected chi connectivity index (χ1v) is 12.3. The lowest BCUT2D eigenvalue weighted by Gasteiger charge is -2.27. The quantitative estimate of drug-likeness (QED) is 0.417. The molecule has 9 heteroatoms. The van der Waals surface area contributed by atoms with Gasteiger partial charge < -0.3 is 25.2 Å². The van der Waals surface area contributed by atoms with Gasteiger partial charge in [0.1, 0.15) is 11.6 Å². The summed E-state index contributed by atoms with van der Waals surface area (Å²) in [5.74, 6) is 1.11. The highest BCUT2D eigenvalue weighted by molar-refractivity contribution is 6.33. The fraction of sp³-hybridized carbons (Fsp3) is 0.500. The lowest BCUT2D eigenvalue weighted by atomic mass is 9.82. The van der Waals surface area contributed by atoms with Crippen LogP contribution >= 0.6 is 11.6 Å². The Morgan fingerprint density at radius 3 is 2.57 bits per heavy atom. The van der Waals surface area contributed by atoms with Gasteiger partial charge in [0.05, 0.1) is 36.8 Å². The predicted octanol–water partition coefficient (Wildman–Crippen LogP) is 4.16. The molecule has 1 aromatic heterocycles. The maximum Gasteiger partial charge on any atom is 0.308 e. The van der Waals surface area contributed by atoms with Gasteiger partial charge >= 0.3 is 5.97 Å². The van der Waals surface area contributed by atoms with Gasteiger partial charge in [0.15, 0.2) is 0 Å². The monoisotopic (exact) mass is 503 g/mol. The summed E-state index contributed by atoms with van der Waals surface area (Å²) in [7, 11) is 3.03. The molecule has 0 radical (unpaired) electrons. The minimum Gasteiger partial charge on any atom is -0.496 e. The topological polar surface area (TPSA) is 110 Å². The summed E-state index contributed by atoms with van der Waals surface area (Å²) in [6, 6.07) is 7.22. The Kier molecular flexibility index (Phi) is 9.74. The van der Waals surface area contributed by atoms with Crippen LogP contribution in [-0.2, 0) is 16.0 Å². The molecule has 1 fully saturated rings. The van der Waals surface area contributed by atoms with Crippen LogP contribution in [0, 0.1) is 11.8 Å². The van der Waals surface area contributed by atoms with Crippen LogP contribution in [0.1, 0.15) is 60.1 Å². The molecule has 1 saturated carbocycles. The van der Waals surface area contributed by atoms with Gasteiger partial charge in [-0.25, -0.2) is 4.98 Å². The largest absolute Gasteiger partial charge is 0.496 e. The first-order valence-electron chi connectivity index (χ1n) is 11.9. The Labute approximate surface area is 211 Å². The number of halogens is 1. The van der Waals surface area contributed by atoms with Crippen LogP contribution in [0.25, 0.3) is 0 Å². The molecule has 1 amide bonds. The van der Waals surface area contributed by atoms with Crippen molar-refractivity contribution in [1.29, 1.82) is 0 Å². The van der Waals surface area contributed by atoms with E-state index in [0.717, 1.165) is 42.6 Å². The Balaban J connectivity index is 1.58. The molecule has 3 N–H and O–H groups in total. The minimum atomic E-state index is -0.229. The molecule has 1 heterocycles. The van der Waals surface area contributed by atoms with Crippen molar-refractivity contribution < 1.29 is 24.2 Å². The smallest absolute Gasteiger partial charge is 0.308 e. The summed E-state index contributed by atoms with van der Waals surface area (Å²) >= 11 is 6.45. The number of hydrogen-bond donors (Lipinski definition) is 3. The Morgan fingerprint density at radius 1 is 1.20 bits per heavy atom. The maximum absolute atomic E-state index is 12.7. The maximum atomic E-state index is 12.7. The predicted molar refractivity (Wildman–Crippen MR) is 135 cm³/mol. The van der Waals surface area contributed by atoms with Crippen LogP contribution in [-0.4, -0.2) is 49.3 Å². The number of anilines is 1. The van der Waals surface area contributed by atoms with Gasteiger partial charge in [-0.2, -0.15) is 0 Å². The number of methoxy groups -OCH3 is 2. The summed E-state index contributed by atoms with van der Waals surface area (Å²) in [6.07, 6.45) is 5.38. The third-order valence-electron chi connectivity index (χ3n) is 6.55. The molecule has 0 bridgehead atoms. The number of esters is 1. The van der Waals surface area contributed by atoms with E-state index in [1.54, 1.807) is 13.2 Å². The number of aliphatic hydroxyl groups excluding tert-OH is 1. The first-order chi connectivity index (χ1) is 16.9. The average Bonchev–Trinajstić information content (AvgIpc) is 2.88. The lowest BCUT2D eigenvalue weighted by molar-refractivity contribution is -0.146. The van der Waals surface area contributed by atoms with Crippen LogP contribution < -0.4 is 15.4 Å². The van der Waals surface area contributed by atoms with Crippen molar-refractivity contribution in [3.8, 4) is 5.75 Å². The van der Waals surface area contributed by atoms with E-state index in [2.05, 4.69) is 15.6 Å². The van der Waals surface area contributed by atoms with Gasteiger partial charge in [0.2, 0.25) is 0 Å². The molecule has 0 unspecified atom stereocenters. The number of carbonyl (C=O) groups is 2. The van der Waals surface area contributed by atoms with Crippen LogP contribution in [0.2, 0.25) is 5.02 Å². The molecule has 0 saturated heterocycles. The Hall–Kier alpha value is -2.84. The van der Waals surface area contributed by atoms with Crippen LogP contribution in [0.15, 0.2) is 30.5 Å². The van der Waals surface area contributed by atoms with Gasteiger partial charge in [-0.15, -0.1) is 0 Å². The van der Waals surface area contributed by atoms with Crippen molar-refractivity contribution in [2.24, 2.45) is 11.8 Å². The fourth-order valence-electron chi connectivity index (χ4n) is 4.47. The van der Waals surface area contributed by atoms with E-state index in [0.29, 0.717) is 35.3 Å². The third kappa shape index (κ3) is 7.08. The van der Waals surface area contributed by atoms with E-state index in [4.69, 9.17) is 21.1 Å². The van der Waals surface area contributed by atoms with Crippen molar-refractivity contribution in [2.45, 2.75) is 45.1 Å². The van der Waals surface area contributed by atoms with E-state index < -0.39 is 0 Å². The van der Waals surface area contributed by atoms with Crippen molar-refractivity contribution in [2.75, 3.05) is 32.7 Å². The molecular formula is C26H34ClN3O5. The number of ether oxygens (including phenoxy) is 2. The number of amides is 1. The Bertz CT molecular complexity index is 1020. The number of aliphatic hydroxyl groups is 1. The molecule has 2 aromatic rings. The second-order valence-electron chi connectivity index (χ2n) is 8.92.